The van der Waals surface area contributed by atoms with Gasteiger partial charge in [-0.25, -0.2) is 0 Å². The Bertz CT molecular complexity index is 402. The molecule has 1 aliphatic heterocycles. The van der Waals surface area contributed by atoms with E-state index in [4.69, 9.17) is 5.73 Å². The van der Waals surface area contributed by atoms with Crippen LogP contribution >= 0.6 is 0 Å². The molecule has 2 heterocycles. The number of nitrogens with two attached hydrogens (primary N) is 1. The van der Waals surface area contributed by atoms with Crippen molar-refractivity contribution in [3.63, 3.8) is 0 Å². The lowest BCUT2D eigenvalue weighted by atomic mass is 10.1. The summed E-state index contributed by atoms with van der Waals surface area (Å²) in [5, 5.41) is 6.57. The van der Waals surface area contributed by atoms with E-state index in [9.17, 15) is 0 Å². The highest BCUT2D eigenvalue weighted by Gasteiger charge is 2.26. The molecule has 0 amide bonds. The third-order valence-corrected chi connectivity index (χ3v) is 3.35. The van der Waals surface area contributed by atoms with Gasteiger partial charge in [-0.1, -0.05) is 6.92 Å². The van der Waals surface area contributed by atoms with E-state index in [1.54, 1.807) is 0 Å². The molecule has 1 atom stereocenters. The number of nitrogens with one attached hydrogen (secondary N) is 2. The van der Waals surface area contributed by atoms with Crippen LogP contribution in [0.5, 0.6) is 0 Å². The summed E-state index contributed by atoms with van der Waals surface area (Å²) in [4.78, 5) is 10.7. The van der Waals surface area contributed by atoms with Crippen LogP contribution in [-0.2, 0) is 0 Å². The minimum atomic E-state index is 0.325. The lowest BCUT2D eigenvalue weighted by molar-refractivity contribution is 0.447. The van der Waals surface area contributed by atoms with Crippen LogP contribution in [0.2, 0.25) is 0 Å². The molecule has 1 aliphatic rings. The lowest BCUT2D eigenvalue weighted by Crippen LogP contribution is -2.57. The summed E-state index contributed by atoms with van der Waals surface area (Å²) in [6.07, 6.45) is 1.05. The van der Waals surface area contributed by atoms with E-state index >= 15 is 0 Å². The predicted octanol–water partition coefficient (Wildman–Crippen LogP) is 0.677. The maximum Gasteiger partial charge on any atom is 0.223 e. The molecule has 1 fully saturated rings. The fraction of sp³-hybridized carbons (Fsp3) is 0.667. The topological polar surface area (TPSA) is 79.1 Å². The first-order chi connectivity index (χ1) is 8.62. The number of aromatic nitrogens is 2. The van der Waals surface area contributed by atoms with E-state index in [1.165, 1.54) is 0 Å². The Hall–Kier alpha value is -1.56. The van der Waals surface area contributed by atoms with Crippen LogP contribution in [0.25, 0.3) is 0 Å². The van der Waals surface area contributed by atoms with Crippen molar-refractivity contribution >= 4 is 17.6 Å². The molecule has 6 heteroatoms. The Kier molecular flexibility index (Phi) is 3.86. The molecule has 0 radical (unpaired) electrons. The molecule has 0 saturated carbocycles. The fourth-order valence-electron chi connectivity index (χ4n) is 1.89. The van der Waals surface area contributed by atoms with Gasteiger partial charge in [0.1, 0.15) is 11.6 Å². The SMILES string of the molecule is CC[C@H](C)Nc1cc(N2CC(NC)C2)nc(N)n1. The van der Waals surface area contributed by atoms with E-state index in [-0.39, 0.29) is 0 Å². The molecule has 100 valence electrons. The molecule has 2 rings (SSSR count). The molecular weight excluding hydrogens is 228 g/mol. The normalized spacial score (nSPS) is 17.4. The minimum Gasteiger partial charge on any atom is -0.368 e. The van der Waals surface area contributed by atoms with Gasteiger partial charge < -0.3 is 21.3 Å². The largest absolute Gasteiger partial charge is 0.368 e. The van der Waals surface area contributed by atoms with Crippen LogP contribution in [0.4, 0.5) is 17.6 Å². The molecule has 0 unspecified atom stereocenters. The number of hydrogen-bond acceptors (Lipinski definition) is 6. The lowest BCUT2D eigenvalue weighted by Gasteiger charge is -2.40. The van der Waals surface area contributed by atoms with Crippen molar-refractivity contribution in [1.82, 2.24) is 15.3 Å². The highest BCUT2D eigenvalue weighted by Crippen LogP contribution is 2.22. The monoisotopic (exact) mass is 250 g/mol. The van der Waals surface area contributed by atoms with Crippen LogP contribution in [0, 0.1) is 0 Å². The standard InChI is InChI=1S/C12H22N6/c1-4-8(2)15-10-5-11(17-12(13)16-10)18-6-9(7-18)14-3/h5,8-9,14H,4,6-7H2,1-3H3,(H3,13,15,16,17)/t8-/m0/s1. The van der Waals surface area contributed by atoms with Crippen molar-refractivity contribution in [1.29, 1.82) is 0 Å². The van der Waals surface area contributed by atoms with Crippen molar-refractivity contribution < 1.29 is 0 Å². The zero-order valence-corrected chi connectivity index (χ0v) is 11.3. The van der Waals surface area contributed by atoms with Gasteiger partial charge in [-0.2, -0.15) is 9.97 Å². The summed E-state index contributed by atoms with van der Waals surface area (Å²) >= 11 is 0. The summed E-state index contributed by atoms with van der Waals surface area (Å²) in [6, 6.07) is 2.90. The highest BCUT2D eigenvalue weighted by molar-refractivity contribution is 5.54. The van der Waals surface area contributed by atoms with Crippen LogP contribution in [0.1, 0.15) is 20.3 Å². The summed E-state index contributed by atoms with van der Waals surface area (Å²) in [7, 11) is 1.98. The first-order valence-electron chi connectivity index (χ1n) is 6.45. The second-order valence-electron chi connectivity index (χ2n) is 4.81. The van der Waals surface area contributed by atoms with E-state index in [1.807, 2.05) is 13.1 Å². The minimum absolute atomic E-state index is 0.325. The summed E-state index contributed by atoms with van der Waals surface area (Å²) in [5.41, 5.74) is 5.76. The molecule has 0 bridgehead atoms. The first kappa shape index (κ1) is 12.9. The Morgan fingerprint density at radius 2 is 2.22 bits per heavy atom. The zero-order chi connectivity index (χ0) is 13.1. The Labute approximate surface area is 108 Å². The predicted molar refractivity (Wildman–Crippen MR) is 74.9 cm³/mol. The third-order valence-electron chi connectivity index (χ3n) is 3.35. The highest BCUT2D eigenvalue weighted by atomic mass is 15.3. The van der Waals surface area contributed by atoms with E-state index < -0.39 is 0 Å². The van der Waals surface area contributed by atoms with Crippen molar-refractivity contribution in [2.45, 2.75) is 32.4 Å². The summed E-state index contributed by atoms with van der Waals surface area (Å²) in [5.74, 6) is 2.03. The number of nitrogen functional groups attached to an aromatic ring is 1. The van der Waals surface area contributed by atoms with Crippen molar-refractivity contribution in [3.8, 4) is 0 Å². The van der Waals surface area contributed by atoms with Gasteiger partial charge in [0.05, 0.1) is 0 Å². The number of nitrogens with zero attached hydrogens (tertiary/aromatic N) is 3. The van der Waals surface area contributed by atoms with Crippen LogP contribution in [-0.4, -0.2) is 42.2 Å². The maximum atomic E-state index is 5.76. The molecule has 4 N–H and O–H groups in total. The second kappa shape index (κ2) is 5.39. The van der Waals surface area contributed by atoms with Gasteiger partial charge >= 0.3 is 0 Å². The van der Waals surface area contributed by atoms with Crippen LogP contribution in [0.3, 0.4) is 0 Å². The summed E-state index contributed by atoms with van der Waals surface area (Å²) < 4.78 is 0. The van der Waals surface area contributed by atoms with Gasteiger partial charge in [-0.15, -0.1) is 0 Å². The molecule has 0 spiro atoms. The fourth-order valence-corrected chi connectivity index (χ4v) is 1.89. The molecule has 0 aliphatic carbocycles. The molecule has 0 aromatic carbocycles. The van der Waals surface area contributed by atoms with Gasteiger partial charge in [0.15, 0.2) is 0 Å². The summed E-state index contributed by atoms with van der Waals surface area (Å²) in [6.45, 7) is 6.19. The zero-order valence-electron chi connectivity index (χ0n) is 11.3. The number of anilines is 3. The van der Waals surface area contributed by atoms with Gasteiger partial charge in [-0.3, -0.25) is 0 Å². The third kappa shape index (κ3) is 2.81. The average Bonchev–Trinajstić information content (AvgIpc) is 2.26. The first-order valence-corrected chi connectivity index (χ1v) is 6.45. The number of likely N-dealkylation sites (N-methyl/N-ethyl adjacent to an activating group) is 1. The van der Waals surface area contributed by atoms with Gasteiger partial charge in [0.2, 0.25) is 5.95 Å². The molecule has 1 aromatic heterocycles. The second-order valence-corrected chi connectivity index (χ2v) is 4.81. The average molecular weight is 250 g/mol. The Morgan fingerprint density at radius 3 is 2.83 bits per heavy atom. The van der Waals surface area contributed by atoms with E-state index in [0.29, 0.717) is 18.0 Å². The smallest absolute Gasteiger partial charge is 0.223 e. The Balaban J connectivity index is 2.07. The molecular formula is C12H22N6. The van der Waals surface area contributed by atoms with Crippen molar-refractivity contribution in [2.75, 3.05) is 36.1 Å². The molecule has 18 heavy (non-hydrogen) atoms. The van der Waals surface area contributed by atoms with E-state index in [2.05, 4.69) is 39.3 Å². The van der Waals surface area contributed by atoms with Crippen LogP contribution < -0.4 is 21.3 Å². The number of hydrogen-bond donors (Lipinski definition) is 3. The van der Waals surface area contributed by atoms with Gasteiger partial charge in [-0.05, 0) is 20.4 Å². The quantitative estimate of drug-likeness (QED) is 0.713. The Morgan fingerprint density at radius 1 is 1.50 bits per heavy atom. The van der Waals surface area contributed by atoms with Crippen LogP contribution in [0.15, 0.2) is 6.07 Å². The van der Waals surface area contributed by atoms with E-state index in [0.717, 1.165) is 31.1 Å². The maximum absolute atomic E-state index is 5.76. The van der Waals surface area contributed by atoms with Gasteiger partial charge in [0, 0.05) is 31.2 Å². The van der Waals surface area contributed by atoms with Crippen molar-refractivity contribution in [2.24, 2.45) is 0 Å². The molecule has 1 saturated heterocycles. The number of rotatable bonds is 5. The molecule has 6 nitrogen and oxygen atoms in total. The van der Waals surface area contributed by atoms with Gasteiger partial charge in [0.25, 0.3) is 0 Å². The molecule has 1 aromatic rings. The van der Waals surface area contributed by atoms with Crippen molar-refractivity contribution in [3.05, 3.63) is 6.07 Å².